The van der Waals surface area contributed by atoms with Crippen molar-refractivity contribution in [3.8, 4) is 5.75 Å². The third kappa shape index (κ3) is 3.15. The molecule has 3 rings (SSSR count). The first-order valence-corrected chi connectivity index (χ1v) is 7.12. The van der Waals surface area contributed by atoms with E-state index in [1.54, 1.807) is 12.4 Å². The van der Waals surface area contributed by atoms with E-state index in [-0.39, 0.29) is 11.8 Å². The van der Waals surface area contributed by atoms with Gasteiger partial charge in [0.2, 0.25) is 0 Å². The molecule has 2 aromatic heterocycles. The highest BCUT2D eigenvalue weighted by atomic mass is 79.9. The largest absolute Gasteiger partial charge is 0.487 e. The number of nitrogens with zero attached hydrogens (tertiary/aromatic N) is 3. The summed E-state index contributed by atoms with van der Waals surface area (Å²) in [6, 6.07) is 2.16. The van der Waals surface area contributed by atoms with Gasteiger partial charge < -0.3 is 19.2 Å². The Morgan fingerprint density at radius 2 is 2.38 bits per heavy atom. The van der Waals surface area contributed by atoms with Crippen molar-refractivity contribution in [1.29, 1.82) is 0 Å². The molecular weight excluding hydrogens is 342 g/mol. The molecule has 7 nitrogen and oxygen atoms in total. The Balaban J connectivity index is 1.63. The molecule has 2 aromatic rings. The van der Waals surface area contributed by atoms with E-state index < -0.39 is 5.97 Å². The summed E-state index contributed by atoms with van der Waals surface area (Å²) < 4.78 is 11.9. The molecule has 1 saturated heterocycles. The molecule has 1 unspecified atom stereocenters. The fourth-order valence-corrected chi connectivity index (χ4v) is 2.50. The molecular formula is C13H12BrN3O4. The number of aromatic carboxylic acids is 1. The van der Waals surface area contributed by atoms with Crippen LogP contribution < -0.4 is 9.64 Å². The van der Waals surface area contributed by atoms with Crippen molar-refractivity contribution in [2.75, 3.05) is 18.0 Å². The van der Waals surface area contributed by atoms with Gasteiger partial charge in [-0.3, -0.25) is 4.98 Å². The van der Waals surface area contributed by atoms with Crippen LogP contribution in [-0.4, -0.2) is 40.2 Å². The minimum absolute atomic E-state index is 0.0127. The normalized spacial score (nSPS) is 18.0. The number of anilines is 1. The van der Waals surface area contributed by atoms with Crippen LogP contribution in [0.4, 0.5) is 6.01 Å². The summed E-state index contributed by atoms with van der Waals surface area (Å²) in [7, 11) is 0. The molecule has 1 aliphatic rings. The number of hydrogen-bond acceptors (Lipinski definition) is 6. The minimum Gasteiger partial charge on any atom is -0.487 e. The molecule has 21 heavy (non-hydrogen) atoms. The number of oxazole rings is 1. The van der Waals surface area contributed by atoms with Crippen molar-refractivity contribution in [3.63, 3.8) is 0 Å². The minimum atomic E-state index is -1.10. The summed E-state index contributed by atoms with van der Waals surface area (Å²) >= 11 is 3.34. The van der Waals surface area contributed by atoms with Crippen molar-refractivity contribution in [1.82, 2.24) is 9.97 Å². The van der Waals surface area contributed by atoms with Gasteiger partial charge in [-0.2, -0.15) is 4.98 Å². The van der Waals surface area contributed by atoms with Crippen LogP contribution in [-0.2, 0) is 0 Å². The Bertz CT molecular complexity index is 660. The zero-order valence-electron chi connectivity index (χ0n) is 10.9. The molecule has 0 amide bonds. The van der Waals surface area contributed by atoms with Gasteiger partial charge in [0.25, 0.3) is 6.01 Å². The van der Waals surface area contributed by atoms with Crippen molar-refractivity contribution >= 4 is 27.9 Å². The van der Waals surface area contributed by atoms with Crippen LogP contribution in [0.5, 0.6) is 5.75 Å². The second-order valence-electron chi connectivity index (χ2n) is 4.63. The number of pyridine rings is 1. The lowest BCUT2D eigenvalue weighted by molar-refractivity contribution is 0.0690. The number of ether oxygens (including phenoxy) is 1. The van der Waals surface area contributed by atoms with Gasteiger partial charge in [0.05, 0.1) is 12.7 Å². The maximum atomic E-state index is 10.8. The second kappa shape index (κ2) is 5.72. The van der Waals surface area contributed by atoms with Crippen molar-refractivity contribution < 1.29 is 19.1 Å². The molecule has 8 heteroatoms. The van der Waals surface area contributed by atoms with Crippen molar-refractivity contribution in [2.24, 2.45) is 0 Å². The van der Waals surface area contributed by atoms with Gasteiger partial charge >= 0.3 is 5.97 Å². The van der Waals surface area contributed by atoms with Gasteiger partial charge in [-0.1, -0.05) is 0 Å². The van der Waals surface area contributed by atoms with Crippen LogP contribution in [0.1, 0.15) is 16.9 Å². The molecule has 1 aliphatic heterocycles. The zero-order valence-corrected chi connectivity index (χ0v) is 12.5. The molecule has 0 bridgehead atoms. The molecule has 1 N–H and O–H groups in total. The van der Waals surface area contributed by atoms with E-state index >= 15 is 0 Å². The fourth-order valence-electron chi connectivity index (χ4n) is 2.16. The maximum absolute atomic E-state index is 10.8. The average molecular weight is 354 g/mol. The van der Waals surface area contributed by atoms with Crippen LogP contribution in [0, 0.1) is 0 Å². The molecule has 0 aliphatic carbocycles. The quantitative estimate of drug-likeness (QED) is 0.900. The lowest BCUT2D eigenvalue weighted by Gasteiger charge is -2.15. The van der Waals surface area contributed by atoms with Crippen molar-refractivity contribution in [2.45, 2.75) is 12.5 Å². The summed E-state index contributed by atoms with van der Waals surface area (Å²) in [4.78, 5) is 20.6. The van der Waals surface area contributed by atoms with Crippen LogP contribution in [0.15, 0.2) is 33.6 Å². The van der Waals surface area contributed by atoms with Crippen LogP contribution >= 0.6 is 15.9 Å². The van der Waals surface area contributed by atoms with E-state index in [1.165, 1.54) is 0 Å². The Hall–Kier alpha value is -2.09. The number of hydrogen-bond donors (Lipinski definition) is 1. The molecule has 3 heterocycles. The summed E-state index contributed by atoms with van der Waals surface area (Å²) in [6.07, 6.45) is 5.28. The SMILES string of the molecule is O=C(O)c1coc(N2CCC(Oc3cncc(Br)c3)C2)n1. The fraction of sp³-hybridized carbons (Fsp3) is 0.308. The van der Waals surface area contributed by atoms with E-state index in [9.17, 15) is 4.79 Å². The lowest BCUT2D eigenvalue weighted by atomic mass is 10.3. The standard InChI is InChI=1S/C13H12BrN3O4/c14-8-3-10(5-15-4-8)21-9-1-2-17(6-9)13-16-11(7-20-13)12(18)19/h3-5,7,9H,1-2,6H2,(H,18,19). The maximum Gasteiger partial charge on any atom is 0.357 e. The Labute approximate surface area is 128 Å². The number of carbonyl (C=O) groups is 1. The molecule has 0 radical (unpaired) electrons. The van der Waals surface area contributed by atoms with Crippen LogP contribution in [0.3, 0.4) is 0 Å². The number of rotatable bonds is 4. The highest BCUT2D eigenvalue weighted by Gasteiger charge is 2.28. The highest BCUT2D eigenvalue weighted by Crippen LogP contribution is 2.24. The van der Waals surface area contributed by atoms with E-state index in [1.807, 2.05) is 11.0 Å². The van der Waals surface area contributed by atoms with E-state index in [2.05, 4.69) is 25.9 Å². The van der Waals surface area contributed by atoms with Gasteiger partial charge in [0.15, 0.2) is 5.69 Å². The second-order valence-corrected chi connectivity index (χ2v) is 5.55. The summed E-state index contributed by atoms with van der Waals surface area (Å²) in [6.45, 7) is 1.29. The lowest BCUT2D eigenvalue weighted by Crippen LogP contribution is -2.24. The number of aromatic nitrogens is 2. The number of carboxylic acids is 1. The molecule has 0 aromatic carbocycles. The molecule has 0 saturated carbocycles. The Morgan fingerprint density at radius 1 is 1.52 bits per heavy atom. The van der Waals surface area contributed by atoms with Gasteiger partial charge in [-0.05, 0) is 22.0 Å². The monoisotopic (exact) mass is 353 g/mol. The predicted octanol–water partition coefficient (Wildman–Crippen LogP) is 2.19. The highest BCUT2D eigenvalue weighted by molar-refractivity contribution is 9.10. The van der Waals surface area contributed by atoms with Crippen LogP contribution in [0.2, 0.25) is 0 Å². The third-order valence-corrected chi connectivity index (χ3v) is 3.54. The molecule has 110 valence electrons. The summed E-state index contributed by atoms with van der Waals surface area (Å²) in [5.74, 6) is -0.410. The summed E-state index contributed by atoms with van der Waals surface area (Å²) in [5, 5.41) is 8.84. The smallest absolute Gasteiger partial charge is 0.357 e. The average Bonchev–Trinajstić information content (AvgIpc) is 3.06. The van der Waals surface area contributed by atoms with Gasteiger partial charge in [0.1, 0.15) is 18.1 Å². The van der Waals surface area contributed by atoms with Crippen LogP contribution in [0.25, 0.3) is 0 Å². The molecule has 0 spiro atoms. The molecule has 1 atom stereocenters. The Kier molecular flexibility index (Phi) is 3.78. The van der Waals surface area contributed by atoms with E-state index in [4.69, 9.17) is 14.3 Å². The predicted molar refractivity (Wildman–Crippen MR) is 76.6 cm³/mol. The molecule has 1 fully saturated rings. The summed E-state index contributed by atoms with van der Waals surface area (Å²) in [5.41, 5.74) is -0.0921. The number of carboxylic acid groups (broad SMARTS) is 1. The van der Waals surface area contributed by atoms with Gasteiger partial charge in [-0.25, -0.2) is 4.79 Å². The first-order valence-electron chi connectivity index (χ1n) is 6.33. The van der Waals surface area contributed by atoms with Gasteiger partial charge in [-0.15, -0.1) is 0 Å². The zero-order chi connectivity index (χ0) is 14.8. The topological polar surface area (TPSA) is 88.7 Å². The van der Waals surface area contributed by atoms with E-state index in [0.717, 1.165) is 17.2 Å². The first-order chi connectivity index (χ1) is 10.1. The first kappa shape index (κ1) is 13.9. The number of halogens is 1. The van der Waals surface area contributed by atoms with Gasteiger partial charge in [0, 0.05) is 23.6 Å². The Morgan fingerprint density at radius 3 is 3.10 bits per heavy atom. The van der Waals surface area contributed by atoms with E-state index in [0.29, 0.717) is 24.9 Å². The third-order valence-electron chi connectivity index (χ3n) is 3.11. The van der Waals surface area contributed by atoms with Crippen molar-refractivity contribution in [3.05, 3.63) is 34.9 Å².